The van der Waals surface area contributed by atoms with Crippen LogP contribution in [0.4, 0.5) is 0 Å². The molecule has 0 saturated carbocycles. The molecule has 0 fully saturated rings. The molecule has 0 aliphatic rings. The van der Waals surface area contributed by atoms with Crippen LogP contribution < -0.4 is 18.6 Å². The average molecular weight is 987 g/mol. The van der Waals surface area contributed by atoms with E-state index in [4.69, 9.17) is 9.47 Å². The van der Waals surface area contributed by atoms with Crippen molar-refractivity contribution in [2.24, 2.45) is 14.1 Å². The second kappa shape index (κ2) is 14.1. The van der Waals surface area contributed by atoms with E-state index >= 15 is 0 Å². The number of benzene rings is 4. The van der Waals surface area contributed by atoms with Crippen molar-refractivity contribution >= 4 is 22.1 Å². The second-order valence-electron chi connectivity index (χ2n) is 10.5. The zero-order valence-electron chi connectivity index (χ0n) is 25.5. The summed E-state index contributed by atoms with van der Waals surface area (Å²) in [5, 5.41) is 0. The molecule has 8 rings (SSSR count). The number of ether oxygens (including phenoxy) is 2. The first-order valence-corrected chi connectivity index (χ1v) is 14.6. The number of nitrogens with zero attached hydrogens (tertiary/aromatic N) is 6. The molecule has 0 N–H and O–H groups in total. The van der Waals surface area contributed by atoms with E-state index in [2.05, 4.69) is 59.0 Å². The predicted octanol–water partition coefficient (Wildman–Crippen LogP) is 6.06. The van der Waals surface area contributed by atoms with Crippen LogP contribution in [0.3, 0.4) is 0 Å². The fourth-order valence-electron chi connectivity index (χ4n) is 5.33. The van der Waals surface area contributed by atoms with Crippen molar-refractivity contribution in [1.82, 2.24) is 19.1 Å². The Bertz CT molecular complexity index is 2220. The molecule has 0 atom stereocenters. The molecule has 0 aliphatic heterocycles. The van der Waals surface area contributed by atoms with Crippen LogP contribution in [0.1, 0.15) is 0 Å². The number of aromatic nitrogens is 6. The zero-order valence-corrected chi connectivity index (χ0v) is 30.1. The number of pyridine rings is 2. The fourth-order valence-corrected chi connectivity index (χ4v) is 5.33. The van der Waals surface area contributed by atoms with Gasteiger partial charge in [-0.05, 0) is 0 Å². The Morgan fingerprint density at radius 3 is 1.44 bits per heavy atom. The van der Waals surface area contributed by atoms with Gasteiger partial charge in [-0.2, -0.15) is 36.4 Å². The monoisotopic (exact) mass is 986 g/mol. The summed E-state index contributed by atoms with van der Waals surface area (Å²) in [7, 11) is 3.94. The van der Waals surface area contributed by atoms with Crippen LogP contribution in [0, 0.1) is 36.9 Å². The van der Waals surface area contributed by atoms with E-state index in [1.165, 1.54) is 0 Å². The van der Waals surface area contributed by atoms with Gasteiger partial charge in [-0.25, -0.2) is 12.1 Å². The summed E-state index contributed by atoms with van der Waals surface area (Å²) in [6, 6.07) is 47.6. The van der Waals surface area contributed by atoms with Gasteiger partial charge in [-0.15, -0.1) is 35.7 Å². The minimum absolute atomic E-state index is 0. The molecule has 0 unspecified atom stereocenters. The van der Waals surface area contributed by atoms with Gasteiger partial charge in [-0.1, -0.05) is 72.0 Å². The number of hydrogen-bond donors (Lipinski definition) is 0. The van der Waals surface area contributed by atoms with Crippen molar-refractivity contribution in [3.8, 4) is 46.0 Å². The van der Waals surface area contributed by atoms with Crippen LogP contribution in [0.2, 0.25) is 0 Å². The quantitative estimate of drug-likeness (QED) is 0.144. The summed E-state index contributed by atoms with van der Waals surface area (Å²) in [6.07, 6.45) is 6.66. The van der Waals surface area contributed by atoms with Gasteiger partial charge in [0, 0.05) is 53.6 Å². The Kier molecular flexibility index (Phi) is 9.67. The van der Waals surface area contributed by atoms with Gasteiger partial charge in [0.05, 0.1) is 36.2 Å². The van der Waals surface area contributed by atoms with Crippen LogP contribution >= 0.6 is 0 Å². The predicted molar refractivity (Wildman–Crippen MR) is 170 cm³/mol. The van der Waals surface area contributed by atoms with E-state index < -0.39 is 0 Å². The first-order chi connectivity index (χ1) is 22.6. The largest absolute Gasteiger partial charge is 0.479 e. The third-order valence-electron chi connectivity index (χ3n) is 7.44. The number of aryl methyl sites for hydroxylation is 2. The van der Waals surface area contributed by atoms with Crippen molar-refractivity contribution in [3.05, 3.63) is 146 Å². The standard InChI is InChI=1S/C38H24N6O2.2Pt/c1-41-25-43(35-19-5-3-17-33(35)41)27-11-7-13-29(23-27)45-37-21-9-15-31(39-37)32-16-10-22-38(40-32)46-30-14-8-12-28(24-30)44-26-42(2)34-18-4-6-20-36(34)44;;/h3-14,17-22H,1-2H3;;/q-4;;. The molecular weight excluding hydrogens is 963 g/mol. The number of para-hydroxylation sites is 4. The van der Waals surface area contributed by atoms with Gasteiger partial charge in [0.1, 0.15) is 11.8 Å². The van der Waals surface area contributed by atoms with Crippen LogP contribution in [-0.4, -0.2) is 19.1 Å². The molecule has 0 amide bonds. The van der Waals surface area contributed by atoms with Crippen LogP contribution in [0.5, 0.6) is 23.3 Å². The van der Waals surface area contributed by atoms with Gasteiger partial charge in [0.15, 0.2) is 0 Å². The molecule has 4 heterocycles. The maximum Gasteiger partial charge on any atom is 0.242 e. The molecule has 0 spiro atoms. The SMILES string of the molecule is Cn1[c-][n+](-c2[c-]c(Oc3cc[c-]c(-c4[c-]ccc(Oc5[c-]c(-[n+]6[c-]n(C)c7ccccc76)ccc5)n4)n3)ccc2)c2ccccc21.[Pt].[Pt]. The van der Waals surface area contributed by atoms with Crippen LogP contribution in [-0.2, 0) is 56.2 Å². The Morgan fingerprint density at radius 1 is 0.542 bits per heavy atom. The molecule has 4 aromatic carbocycles. The molecule has 0 radical (unpaired) electrons. The van der Waals surface area contributed by atoms with Gasteiger partial charge < -0.3 is 37.7 Å². The minimum atomic E-state index is 0. The number of hydrogen-bond acceptors (Lipinski definition) is 4. The summed E-state index contributed by atoms with van der Waals surface area (Å²) in [5.74, 6) is 1.78. The minimum Gasteiger partial charge on any atom is -0.479 e. The summed E-state index contributed by atoms with van der Waals surface area (Å²) in [4.78, 5) is 9.29. The summed E-state index contributed by atoms with van der Waals surface area (Å²) in [6.45, 7) is 0. The van der Waals surface area contributed by atoms with Crippen molar-refractivity contribution in [2.45, 2.75) is 0 Å². The van der Waals surface area contributed by atoms with E-state index in [9.17, 15) is 0 Å². The number of rotatable bonds is 7. The van der Waals surface area contributed by atoms with E-state index in [0.717, 1.165) is 33.4 Å². The maximum atomic E-state index is 6.13. The third-order valence-corrected chi connectivity index (χ3v) is 7.44. The van der Waals surface area contributed by atoms with Gasteiger partial charge in [-0.3, -0.25) is 0 Å². The van der Waals surface area contributed by atoms with Crippen molar-refractivity contribution < 1.29 is 60.7 Å². The van der Waals surface area contributed by atoms with Crippen molar-refractivity contribution in [1.29, 1.82) is 0 Å². The second-order valence-corrected chi connectivity index (χ2v) is 10.5. The van der Waals surface area contributed by atoms with Gasteiger partial charge >= 0.3 is 0 Å². The normalized spacial score (nSPS) is 10.8. The molecule has 0 aliphatic carbocycles. The number of fused-ring (bicyclic) bond motifs is 2. The van der Waals surface area contributed by atoms with Gasteiger partial charge in [0.25, 0.3) is 0 Å². The van der Waals surface area contributed by atoms with Crippen LogP contribution in [0.25, 0.3) is 44.8 Å². The summed E-state index contributed by atoms with van der Waals surface area (Å²) < 4.78 is 20.1. The smallest absolute Gasteiger partial charge is 0.242 e. The third kappa shape index (κ3) is 6.46. The first kappa shape index (κ1) is 33.0. The molecule has 242 valence electrons. The van der Waals surface area contributed by atoms with Gasteiger partial charge in [0.2, 0.25) is 12.7 Å². The molecule has 0 saturated heterocycles. The van der Waals surface area contributed by atoms with Crippen molar-refractivity contribution in [2.75, 3.05) is 0 Å². The zero-order chi connectivity index (χ0) is 31.0. The van der Waals surface area contributed by atoms with E-state index in [1.807, 2.05) is 105 Å². The molecule has 0 bridgehead atoms. The number of imidazole rings is 2. The summed E-state index contributed by atoms with van der Waals surface area (Å²) >= 11 is 0. The molecule has 8 nitrogen and oxygen atoms in total. The van der Waals surface area contributed by atoms with E-state index in [1.54, 1.807) is 24.3 Å². The molecule has 4 aromatic heterocycles. The van der Waals surface area contributed by atoms with E-state index in [-0.39, 0.29) is 42.1 Å². The van der Waals surface area contributed by atoms with E-state index in [0.29, 0.717) is 34.6 Å². The molecular formula is C38H24N6O2Pt2-4. The Hall–Kier alpha value is -4.90. The fraction of sp³-hybridized carbons (Fsp3) is 0.0526. The van der Waals surface area contributed by atoms with Crippen LogP contribution in [0.15, 0.2) is 109 Å². The summed E-state index contributed by atoms with van der Waals surface area (Å²) in [5.41, 5.74) is 6.70. The maximum absolute atomic E-state index is 6.13. The Balaban J connectivity index is 0.00000201. The Labute approximate surface area is 306 Å². The molecule has 48 heavy (non-hydrogen) atoms. The Morgan fingerprint density at radius 2 is 0.979 bits per heavy atom. The topological polar surface area (TPSA) is 61.9 Å². The first-order valence-electron chi connectivity index (χ1n) is 14.6. The van der Waals surface area contributed by atoms with Crippen molar-refractivity contribution in [3.63, 3.8) is 0 Å². The molecule has 8 aromatic rings. The molecule has 10 heteroatoms. The average Bonchev–Trinajstić information content (AvgIpc) is 3.62.